The van der Waals surface area contributed by atoms with Crippen LogP contribution in [0.1, 0.15) is 13.3 Å². The molecule has 1 fully saturated rings. The molecule has 1 N–H and O–H groups in total. The van der Waals surface area contributed by atoms with E-state index >= 15 is 0 Å². The number of nitro groups is 1. The van der Waals surface area contributed by atoms with Crippen molar-refractivity contribution in [1.29, 1.82) is 0 Å². The second-order valence-corrected chi connectivity index (χ2v) is 5.85. The summed E-state index contributed by atoms with van der Waals surface area (Å²) in [6.07, 6.45) is 0.169. The Morgan fingerprint density at radius 1 is 1.55 bits per heavy atom. The summed E-state index contributed by atoms with van der Waals surface area (Å²) in [5.74, 6) is -0.501. The molecular formula is C12H12N2O5S. The number of phenols is 1. The van der Waals surface area contributed by atoms with E-state index in [4.69, 9.17) is 0 Å². The highest BCUT2D eigenvalue weighted by molar-refractivity contribution is 8.14. The van der Waals surface area contributed by atoms with Crippen molar-refractivity contribution in [2.45, 2.75) is 18.6 Å². The zero-order valence-corrected chi connectivity index (χ0v) is 11.4. The molecule has 1 atom stereocenters. The number of phenolic OH excluding ortho intramolecular Hbond substituents is 1. The van der Waals surface area contributed by atoms with Gasteiger partial charge < -0.3 is 10.0 Å². The number of benzene rings is 1. The van der Waals surface area contributed by atoms with Crippen molar-refractivity contribution >= 4 is 34.2 Å². The van der Waals surface area contributed by atoms with Crippen molar-refractivity contribution in [2.75, 3.05) is 11.4 Å². The summed E-state index contributed by atoms with van der Waals surface area (Å²) < 4.78 is 0. The number of carbonyl (C=O) groups is 2. The van der Waals surface area contributed by atoms with E-state index in [9.17, 15) is 24.8 Å². The van der Waals surface area contributed by atoms with Crippen LogP contribution in [0.15, 0.2) is 18.2 Å². The van der Waals surface area contributed by atoms with E-state index < -0.39 is 4.92 Å². The molecule has 0 aromatic heterocycles. The van der Waals surface area contributed by atoms with Gasteiger partial charge in [0.05, 0.1) is 11.0 Å². The van der Waals surface area contributed by atoms with Gasteiger partial charge in [-0.2, -0.15) is 0 Å². The predicted octanol–water partition coefficient (Wildman–Crippen LogP) is 1.69. The Labute approximate surface area is 118 Å². The molecule has 0 saturated carbocycles. The molecule has 7 nitrogen and oxygen atoms in total. The van der Waals surface area contributed by atoms with Gasteiger partial charge >= 0.3 is 0 Å². The standard InChI is InChI=1S/C12H12N2O5S/c1-7(15)20-9-5-12(17)13(6-9)10-3-2-8(16)4-11(10)14(18)19/h2-4,9,16H,5-6H2,1H3. The number of nitrogens with zero attached hydrogens (tertiary/aromatic N) is 2. The molecule has 0 radical (unpaired) electrons. The highest BCUT2D eigenvalue weighted by atomic mass is 32.2. The van der Waals surface area contributed by atoms with Crippen LogP contribution in [-0.4, -0.2) is 32.8 Å². The Balaban J connectivity index is 2.30. The molecule has 106 valence electrons. The van der Waals surface area contributed by atoms with Gasteiger partial charge in [-0.1, -0.05) is 11.8 Å². The van der Waals surface area contributed by atoms with E-state index in [-0.39, 0.29) is 46.4 Å². The van der Waals surface area contributed by atoms with Crippen LogP contribution in [0.5, 0.6) is 5.75 Å². The van der Waals surface area contributed by atoms with E-state index in [1.807, 2.05) is 0 Å². The van der Waals surface area contributed by atoms with Crippen molar-refractivity contribution < 1.29 is 19.6 Å². The lowest BCUT2D eigenvalue weighted by Gasteiger charge is -2.16. The maximum Gasteiger partial charge on any atom is 0.296 e. The van der Waals surface area contributed by atoms with Crippen LogP contribution in [-0.2, 0) is 9.59 Å². The minimum Gasteiger partial charge on any atom is -0.508 e. The van der Waals surface area contributed by atoms with Crippen LogP contribution in [0.3, 0.4) is 0 Å². The average Bonchev–Trinajstić information content (AvgIpc) is 2.69. The SMILES string of the molecule is CC(=O)SC1CC(=O)N(c2ccc(O)cc2[N+](=O)[O-])C1. The summed E-state index contributed by atoms with van der Waals surface area (Å²) in [6.45, 7) is 1.66. The fraction of sp³-hybridized carbons (Fsp3) is 0.333. The molecule has 1 aromatic rings. The number of nitro benzene ring substituents is 1. The molecule has 1 saturated heterocycles. The molecular weight excluding hydrogens is 284 g/mol. The summed E-state index contributed by atoms with van der Waals surface area (Å²) in [7, 11) is 0. The molecule has 0 aliphatic carbocycles. The molecule has 1 unspecified atom stereocenters. The monoisotopic (exact) mass is 296 g/mol. The van der Waals surface area contributed by atoms with Crippen molar-refractivity contribution in [1.82, 2.24) is 0 Å². The summed E-state index contributed by atoms with van der Waals surface area (Å²) >= 11 is 1.06. The van der Waals surface area contributed by atoms with E-state index in [2.05, 4.69) is 0 Å². The first-order valence-corrected chi connectivity index (χ1v) is 6.71. The molecule has 1 heterocycles. The average molecular weight is 296 g/mol. The molecule has 0 spiro atoms. The predicted molar refractivity (Wildman–Crippen MR) is 73.8 cm³/mol. The lowest BCUT2D eigenvalue weighted by Crippen LogP contribution is -2.25. The maximum atomic E-state index is 11.9. The van der Waals surface area contributed by atoms with Crippen LogP contribution < -0.4 is 4.90 Å². The molecule has 8 heteroatoms. The van der Waals surface area contributed by atoms with E-state index in [0.29, 0.717) is 0 Å². The minimum atomic E-state index is -0.645. The highest BCUT2D eigenvalue weighted by Gasteiger charge is 2.35. The second-order valence-electron chi connectivity index (χ2n) is 4.37. The van der Waals surface area contributed by atoms with Gasteiger partial charge in [-0.3, -0.25) is 19.7 Å². The Kier molecular flexibility index (Phi) is 3.93. The number of rotatable bonds is 3. The maximum absolute atomic E-state index is 11.9. The van der Waals surface area contributed by atoms with Crippen LogP contribution >= 0.6 is 11.8 Å². The number of aromatic hydroxyl groups is 1. The molecule has 1 aromatic carbocycles. The summed E-state index contributed by atoms with van der Waals surface area (Å²) in [6, 6.07) is 3.64. The van der Waals surface area contributed by atoms with Gasteiger partial charge in [0.1, 0.15) is 11.4 Å². The molecule has 20 heavy (non-hydrogen) atoms. The van der Waals surface area contributed by atoms with Crippen LogP contribution in [0.4, 0.5) is 11.4 Å². The van der Waals surface area contributed by atoms with Gasteiger partial charge in [0.2, 0.25) is 5.91 Å². The van der Waals surface area contributed by atoms with Gasteiger partial charge in [0.15, 0.2) is 5.12 Å². The third-order valence-corrected chi connectivity index (χ3v) is 3.85. The van der Waals surface area contributed by atoms with E-state index in [1.165, 1.54) is 24.0 Å². The normalized spacial score (nSPS) is 18.4. The number of anilines is 1. The molecule has 2 rings (SSSR count). The Bertz CT molecular complexity index is 589. The fourth-order valence-corrected chi connectivity index (χ4v) is 3.03. The Hall–Kier alpha value is -2.09. The summed E-state index contributed by atoms with van der Waals surface area (Å²) in [5, 5.41) is 20.0. The molecule has 0 bridgehead atoms. The summed E-state index contributed by atoms with van der Waals surface area (Å²) in [5.41, 5.74) is -0.184. The zero-order chi connectivity index (χ0) is 14.9. The largest absolute Gasteiger partial charge is 0.508 e. The minimum absolute atomic E-state index is 0.0927. The van der Waals surface area contributed by atoms with Crippen molar-refractivity contribution in [3.05, 3.63) is 28.3 Å². The lowest BCUT2D eigenvalue weighted by molar-refractivity contribution is -0.384. The Morgan fingerprint density at radius 2 is 2.25 bits per heavy atom. The third kappa shape index (κ3) is 2.90. The van der Waals surface area contributed by atoms with Crippen LogP contribution in [0.2, 0.25) is 0 Å². The quantitative estimate of drug-likeness (QED) is 0.672. The number of hydrogen-bond donors (Lipinski definition) is 1. The Morgan fingerprint density at radius 3 is 2.85 bits per heavy atom. The molecule has 1 aliphatic heterocycles. The smallest absolute Gasteiger partial charge is 0.296 e. The lowest BCUT2D eigenvalue weighted by atomic mass is 10.2. The number of amides is 1. The first-order valence-electron chi connectivity index (χ1n) is 5.83. The van der Waals surface area contributed by atoms with Gasteiger partial charge in [0, 0.05) is 25.1 Å². The van der Waals surface area contributed by atoms with Crippen molar-refractivity contribution in [3.8, 4) is 5.75 Å². The van der Waals surface area contributed by atoms with Gasteiger partial charge in [-0.15, -0.1) is 0 Å². The van der Waals surface area contributed by atoms with Crippen molar-refractivity contribution in [2.24, 2.45) is 0 Å². The number of carbonyl (C=O) groups excluding carboxylic acids is 2. The highest BCUT2D eigenvalue weighted by Crippen LogP contribution is 2.36. The first-order chi connectivity index (χ1) is 9.38. The molecule has 1 aliphatic rings. The molecule has 1 amide bonds. The second kappa shape index (κ2) is 5.49. The van der Waals surface area contributed by atoms with E-state index in [0.717, 1.165) is 17.8 Å². The van der Waals surface area contributed by atoms with E-state index in [1.54, 1.807) is 0 Å². The first kappa shape index (κ1) is 14.3. The van der Waals surface area contributed by atoms with Gasteiger partial charge in [0.25, 0.3) is 5.69 Å². The topological polar surface area (TPSA) is 101 Å². The fourth-order valence-electron chi connectivity index (χ4n) is 2.11. The van der Waals surface area contributed by atoms with Crippen LogP contribution in [0.25, 0.3) is 0 Å². The summed E-state index contributed by atoms with van der Waals surface area (Å²) in [4.78, 5) is 34.6. The van der Waals surface area contributed by atoms with Gasteiger partial charge in [-0.25, -0.2) is 0 Å². The number of hydrogen-bond acceptors (Lipinski definition) is 6. The third-order valence-electron chi connectivity index (χ3n) is 2.87. The zero-order valence-electron chi connectivity index (χ0n) is 10.6. The van der Waals surface area contributed by atoms with Gasteiger partial charge in [-0.05, 0) is 12.1 Å². The number of thioether (sulfide) groups is 1. The van der Waals surface area contributed by atoms with Crippen LogP contribution in [0, 0.1) is 10.1 Å². The van der Waals surface area contributed by atoms with Crippen molar-refractivity contribution in [3.63, 3.8) is 0 Å².